The second kappa shape index (κ2) is 9.40. The molecule has 2 aromatic carbocycles. The number of hydrogen-bond acceptors (Lipinski definition) is 5. The molecule has 1 heterocycles. The lowest BCUT2D eigenvalue weighted by molar-refractivity contribution is 0.0954. The van der Waals surface area contributed by atoms with Gasteiger partial charge in [-0.3, -0.25) is 10.1 Å². The minimum atomic E-state index is -0.456. The quantitative estimate of drug-likeness (QED) is 0.529. The Labute approximate surface area is 177 Å². The summed E-state index contributed by atoms with van der Waals surface area (Å²) in [7, 11) is 1.58. The van der Waals surface area contributed by atoms with Crippen LogP contribution in [0, 0.1) is 6.92 Å². The first-order valence-electron chi connectivity index (χ1n) is 8.67. The summed E-state index contributed by atoms with van der Waals surface area (Å²) in [5, 5.41) is 9.08. The highest BCUT2D eigenvalue weighted by Crippen LogP contribution is 2.23. The number of aromatic nitrogens is 1. The molecule has 0 aliphatic carbocycles. The Balaban J connectivity index is 1.60. The molecule has 7 nitrogen and oxygen atoms in total. The zero-order valence-electron chi connectivity index (χ0n) is 15.8. The van der Waals surface area contributed by atoms with Crippen molar-refractivity contribution in [2.24, 2.45) is 0 Å². The van der Waals surface area contributed by atoms with Crippen molar-refractivity contribution in [1.82, 2.24) is 10.3 Å². The Hall–Kier alpha value is -3.10. The zero-order chi connectivity index (χ0) is 20.8. The number of hydrogen-bond donors (Lipinski definition) is 3. The van der Waals surface area contributed by atoms with E-state index in [0.717, 1.165) is 16.9 Å². The summed E-state index contributed by atoms with van der Waals surface area (Å²) >= 11 is 6.93. The number of halogens is 1. The van der Waals surface area contributed by atoms with E-state index in [1.54, 1.807) is 38.3 Å². The molecule has 150 valence electrons. The summed E-state index contributed by atoms with van der Waals surface area (Å²) in [6, 6.07) is 13.7. The molecule has 0 aliphatic heterocycles. The predicted molar refractivity (Wildman–Crippen MR) is 115 cm³/mol. The topological polar surface area (TPSA) is 92.4 Å². The predicted octanol–water partition coefficient (Wildman–Crippen LogP) is 4.69. The van der Waals surface area contributed by atoms with Crippen LogP contribution in [0.4, 0.5) is 15.6 Å². The maximum Gasteiger partial charge on any atom is 0.325 e. The van der Waals surface area contributed by atoms with E-state index < -0.39 is 6.03 Å². The smallest absolute Gasteiger partial charge is 0.325 e. The van der Waals surface area contributed by atoms with Crippen LogP contribution >= 0.6 is 22.9 Å². The lowest BCUT2D eigenvalue weighted by Gasteiger charge is -2.09. The van der Waals surface area contributed by atoms with Crippen LogP contribution in [0.25, 0.3) is 0 Å². The number of thiazole rings is 1. The zero-order valence-corrected chi connectivity index (χ0v) is 17.4. The lowest BCUT2D eigenvalue weighted by atomic mass is 10.2. The van der Waals surface area contributed by atoms with Gasteiger partial charge in [0.1, 0.15) is 10.6 Å². The first-order valence-corrected chi connectivity index (χ1v) is 9.87. The second-order valence-corrected chi connectivity index (χ2v) is 7.45. The third-order valence-electron chi connectivity index (χ3n) is 3.96. The van der Waals surface area contributed by atoms with E-state index in [0.29, 0.717) is 38.7 Å². The van der Waals surface area contributed by atoms with E-state index in [4.69, 9.17) is 16.3 Å². The number of para-hydroxylation sites is 1. The van der Waals surface area contributed by atoms with Gasteiger partial charge in [0.2, 0.25) is 0 Å². The van der Waals surface area contributed by atoms with Gasteiger partial charge in [0.15, 0.2) is 5.13 Å². The van der Waals surface area contributed by atoms with E-state index in [1.165, 1.54) is 0 Å². The summed E-state index contributed by atoms with van der Waals surface area (Å²) < 4.78 is 5.29. The number of aryl methyl sites for hydroxylation is 1. The highest BCUT2D eigenvalue weighted by atomic mass is 35.5. The number of carbonyl (C=O) groups excluding carboxylic acids is 2. The minimum absolute atomic E-state index is 0.267. The normalized spacial score (nSPS) is 10.3. The monoisotopic (exact) mass is 430 g/mol. The summed E-state index contributed by atoms with van der Waals surface area (Å²) in [5.41, 5.74) is 2.00. The van der Waals surface area contributed by atoms with Crippen molar-refractivity contribution in [3.8, 4) is 5.75 Å². The summed E-state index contributed by atoms with van der Waals surface area (Å²) in [4.78, 5) is 29.4. The van der Waals surface area contributed by atoms with Crippen LogP contribution in [0.1, 0.15) is 20.9 Å². The Bertz CT molecular complexity index is 1020. The number of ether oxygens (including phenoxy) is 1. The van der Waals surface area contributed by atoms with Crippen LogP contribution in [0.2, 0.25) is 5.02 Å². The molecule has 3 N–H and O–H groups in total. The van der Waals surface area contributed by atoms with Crippen molar-refractivity contribution >= 4 is 45.7 Å². The van der Waals surface area contributed by atoms with Gasteiger partial charge in [-0.1, -0.05) is 41.1 Å². The van der Waals surface area contributed by atoms with Gasteiger partial charge in [0, 0.05) is 22.8 Å². The molecule has 0 saturated carbocycles. The molecular weight excluding hydrogens is 412 g/mol. The van der Waals surface area contributed by atoms with Crippen molar-refractivity contribution < 1.29 is 14.3 Å². The number of anilines is 2. The van der Waals surface area contributed by atoms with Gasteiger partial charge in [-0.25, -0.2) is 9.78 Å². The fourth-order valence-electron chi connectivity index (χ4n) is 2.56. The highest BCUT2D eigenvalue weighted by Gasteiger charge is 2.17. The fraction of sp³-hybridized carbons (Fsp3) is 0.150. The van der Waals surface area contributed by atoms with Gasteiger partial charge in [0.05, 0.1) is 12.8 Å². The third-order valence-corrected chi connectivity index (χ3v) is 5.28. The Kier molecular flexibility index (Phi) is 6.69. The summed E-state index contributed by atoms with van der Waals surface area (Å²) in [5.74, 6) is 0.437. The number of nitrogens with zero attached hydrogens (tertiary/aromatic N) is 1. The number of nitrogens with one attached hydrogen (secondary N) is 3. The largest absolute Gasteiger partial charge is 0.496 e. The van der Waals surface area contributed by atoms with Crippen LogP contribution in [0.3, 0.4) is 0 Å². The Morgan fingerprint density at radius 1 is 1.10 bits per heavy atom. The molecule has 0 radical (unpaired) electrons. The Morgan fingerprint density at radius 3 is 2.55 bits per heavy atom. The number of carbonyl (C=O) groups is 2. The molecule has 3 rings (SSSR count). The second-order valence-electron chi connectivity index (χ2n) is 6.01. The molecule has 0 aliphatic rings. The molecule has 0 bridgehead atoms. The van der Waals surface area contributed by atoms with Crippen molar-refractivity contribution in [3.63, 3.8) is 0 Å². The SMILES string of the molecule is COc1ccccc1CNC(=O)c1sc(NC(=O)Nc2ccc(Cl)cc2)nc1C. The number of amides is 3. The molecule has 9 heteroatoms. The van der Waals surface area contributed by atoms with E-state index in [2.05, 4.69) is 20.9 Å². The van der Waals surface area contributed by atoms with Gasteiger partial charge in [-0.15, -0.1) is 0 Å². The van der Waals surface area contributed by atoms with Crippen molar-refractivity contribution in [3.05, 3.63) is 69.7 Å². The maximum atomic E-state index is 12.5. The average molecular weight is 431 g/mol. The first kappa shape index (κ1) is 20.6. The van der Waals surface area contributed by atoms with Gasteiger partial charge < -0.3 is 15.4 Å². The molecule has 3 aromatic rings. The van der Waals surface area contributed by atoms with Crippen LogP contribution in [-0.2, 0) is 6.54 Å². The fourth-order valence-corrected chi connectivity index (χ4v) is 3.56. The summed E-state index contributed by atoms with van der Waals surface area (Å²) in [6.07, 6.45) is 0. The lowest BCUT2D eigenvalue weighted by Crippen LogP contribution is -2.22. The third kappa shape index (κ3) is 5.46. The van der Waals surface area contributed by atoms with Crippen molar-refractivity contribution in [2.75, 3.05) is 17.7 Å². The maximum absolute atomic E-state index is 12.5. The molecule has 0 spiro atoms. The standard InChI is InChI=1S/C20H19ClN4O3S/c1-12-17(18(26)22-11-13-5-3-4-6-16(13)28-2)29-20(23-12)25-19(27)24-15-9-7-14(21)8-10-15/h3-10H,11H2,1-2H3,(H,22,26)(H2,23,24,25,27). The number of benzene rings is 2. The van der Waals surface area contributed by atoms with E-state index in [1.807, 2.05) is 24.3 Å². The van der Waals surface area contributed by atoms with Crippen LogP contribution in [-0.4, -0.2) is 24.0 Å². The summed E-state index contributed by atoms with van der Waals surface area (Å²) in [6.45, 7) is 2.04. The average Bonchev–Trinajstić information content (AvgIpc) is 3.08. The first-order chi connectivity index (χ1) is 14.0. The molecule has 29 heavy (non-hydrogen) atoms. The van der Waals surface area contributed by atoms with E-state index in [-0.39, 0.29) is 5.91 Å². The van der Waals surface area contributed by atoms with Gasteiger partial charge in [0.25, 0.3) is 5.91 Å². The van der Waals surface area contributed by atoms with Crippen molar-refractivity contribution in [1.29, 1.82) is 0 Å². The number of urea groups is 1. The van der Waals surface area contributed by atoms with Crippen LogP contribution < -0.4 is 20.7 Å². The van der Waals surface area contributed by atoms with Crippen LogP contribution in [0.15, 0.2) is 48.5 Å². The molecular formula is C20H19ClN4O3S. The molecule has 0 atom stereocenters. The van der Waals surface area contributed by atoms with E-state index in [9.17, 15) is 9.59 Å². The van der Waals surface area contributed by atoms with Gasteiger partial charge >= 0.3 is 6.03 Å². The number of methoxy groups -OCH3 is 1. The number of rotatable bonds is 6. The molecule has 0 saturated heterocycles. The minimum Gasteiger partial charge on any atom is -0.496 e. The van der Waals surface area contributed by atoms with Gasteiger partial charge in [-0.2, -0.15) is 0 Å². The molecule has 0 fully saturated rings. The van der Waals surface area contributed by atoms with Crippen molar-refractivity contribution in [2.45, 2.75) is 13.5 Å². The Morgan fingerprint density at radius 2 is 1.83 bits per heavy atom. The molecule has 1 aromatic heterocycles. The van der Waals surface area contributed by atoms with E-state index >= 15 is 0 Å². The molecule has 3 amide bonds. The van der Waals surface area contributed by atoms with Gasteiger partial charge in [-0.05, 0) is 37.3 Å². The van der Waals surface area contributed by atoms with Crippen LogP contribution in [0.5, 0.6) is 5.75 Å². The molecule has 0 unspecified atom stereocenters. The highest BCUT2D eigenvalue weighted by molar-refractivity contribution is 7.17.